The topological polar surface area (TPSA) is 3.24 Å². The van der Waals surface area contributed by atoms with Gasteiger partial charge in [-0.05, 0) is 112 Å². The number of anilines is 1. The summed E-state index contributed by atoms with van der Waals surface area (Å²) in [6, 6.07) is 82.9. The van der Waals surface area contributed by atoms with Gasteiger partial charge in [0.2, 0.25) is 0 Å². The number of nitrogens with zero attached hydrogens (tertiary/aromatic N) is 1. The van der Waals surface area contributed by atoms with Gasteiger partial charge < -0.3 is 4.90 Å². The van der Waals surface area contributed by atoms with Crippen LogP contribution in [0.3, 0.4) is 0 Å². The standard InChI is InChI=1S/C64H49NSi/c1-66(2)63-41-56(46-16-10-5-11-17-46)34-37-58(63)59-38-36-57(42-64(59)66)65-43-61(54-32-30-52(31-33-54)50-24-20-48(21-25-50)45-14-8-4-9-15-45)60-40-55(35-39-62(60)65)53-28-26-51(27-29-53)49-22-18-47(19-23-49)44-12-6-3-7-13-44/h3-43,60,62H,1-2H3. The molecule has 0 bridgehead atoms. The van der Waals surface area contributed by atoms with Crippen LogP contribution in [0.5, 0.6) is 0 Å². The van der Waals surface area contributed by atoms with Gasteiger partial charge in [-0.15, -0.1) is 0 Å². The molecule has 2 heteroatoms. The molecule has 2 unspecified atom stereocenters. The minimum absolute atomic E-state index is 0.160. The van der Waals surface area contributed by atoms with Crippen molar-refractivity contribution in [3.8, 4) is 66.8 Å². The summed E-state index contributed by atoms with van der Waals surface area (Å²) in [7, 11) is -1.99. The molecule has 66 heavy (non-hydrogen) atoms. The van der Waals surface area contributed by atoms with E-state index in [9.17, 15) is 0 Å². The van der Waals surface area contributed by atoms with E-state index in [1.807, 2.05) is 0 Å². The Labute approximate surface area is 390 Å². The van der Waals surface area contributed by atoms with Crippen LogP contribution >= 0.6 is 0 Å². The first kappa shape index (κ1) is 39.8. The van der Waals surface area contributed by atoms with Gasteiger partial charge in [0.15, 0.2) is 0 Å². The fourth-order valence-corrected chi connectivity index (χ4v) is 13.7. The average Bonchev–Trinajstić information content (AvgIpc) is 3.88. The molecule has 3 aliphatic rings. The molecule has 2 aliphatic heterocycles. The normalized spacial score (nSPS) is 16.5. The monoisotopic (exact) mass is 859 g/mol. The van der Waals surface area contributed by atoms with Crippen LogP contribution in [0, 0.1) is 5.92 Å². The van der Waals surface area contributed by atoms with Gasteiger partial charge in [0.25, 0.3) is 0 Å². The molecule has 9 aromatic rings. The van der Waals surface area contributed by atoms with E-state index in [2.05, 4.69) is 267 Å². The lowest BCUT2D eigenvalue weighted by Gasteiger charge is -2.30. The van der Waals surface area contributed by atoms with Crippen molar-refractivity contribution in [2.24, 2.45) is 5.92 Å². The molecule has 0 radical (unpaired) electrons. The summed E-state index contributed by atoms with van der Waals surface area (Å²) in [4.78, 5) is 2.55. The molecule has 0 N–H and O–H groups in total. The lowest BCUT2D eigenvalue weighted by molar-refractivity contribution is 0.715. The Morgan fingerprint density at radius 2 is 0.742 bits per heavy atom. The molecule has 12 rings (SSSR count). The Bertz CT molecular complexity index is 3330. The number of benzene rings is 9. The zero-order valence-corrected chi connectivity index (χ0v) is 38.3. The van der Waals surface area contributed by atoms with Gasteiger partial charge >= 0.3 is 0 Å². The third-order valence-electron chi connectivity index (χ3n) is 14.3. The van der Waals surface area contributed by atoms with Crippen molar-refractivity contribution < 1.29 is 0 Å². The van der Waals surface area contributed by atoms with Gasteiger partial charge in [-0.25, -0.2) is 0 Å². The van der Waals surface area contributed by atoms with Crippen LogP contribution in [0.1, 0.15) is 11.1 Å². The lowest BCUT2D eigenvalue weighted by Crippen LogP contribution is -2.49. The Kier molecular flexibility index (Phi) is 9.85. The maximum absolute atomic E-state index is 2.55. The van der Waals surface area contributed by atoms with Gasteiger partial charge in [0.1, 0.15) is 8.07 Å². The Hall–Kier alpha value is -7.78. The maximum Gasteiger partial charge on any atom is 0.113 e. The molecule has 0 amide bonds. The molecule has 0 fully saturated rings. The highest BCUT2D eigenvalue weighted by atomic mass is 28.3. The molecule has 314 valence electrons. The van der Waals surface area contributed by atoms with E-state index in [4.69, 9.17) is 0 Å². The molecule has 0 saturated heterocycles. The molecular weight excluding hydrogens is 811 g/mol. The first-order valence-electron chi connectivity index (χ1n) is 23.2. The zero-order valence-electron chi connectivity index (χ0n) is 37.3. The second-order valence-corrected chi connectivity index (χ2v) is 22.8. The second kappa shape index (κ2) is 16.3. The minimum atomic E-state index is -1.99. The summed E-state index contributed by atoms with van der Waals surface area (Å²) >= 11 is 0. The van der Waals surface area contributed by atoms with Crippen molar-refractivity contribution in [2.45, 2.75) is 19.1 Å². The quantitative estimate of drug-likeness (QED) is 0.138. The van der Waals surface area contributed by atoms with Crippen LogP contribution in [-0.4, -0.2) is 14.1 Å². The summed E-state index contributed by atoms with van der Waals surface area (Å²) < 4.78 is 0. The van der Waals surface area contributed by atoms with E-state index in [0.717, 1.165) is 0 Å². The van der Waals surface area contributed by atoms with E-state index >= 15 is 0 Å². The second-order valence-electron chi connectivity index (χ2n) is 18.5. The van der Waals surface area contributed by atoms with Gasteiger partial charge in [0.05, 0.1) is 6.04 Å². The molecule has 1 nitrogen and oxygen atoms in total. The van der Waals surface area contributed by atoms with Crippen molar-refractivity contribution in [3.63, 3.8) is 0 Å². The smallest absolute Gasteiger partial charge is 0.113 e. The number of hydrogen-bond acceptors (Lipinski definition) is 1. The summed E-state index contributed by atoms with van der Waals surface area (Å²) in [6.07, 6.45) is 9.75. The Morgan fingerprint density at radius 3 is 1.23 bits per heavy atom. The van der Waals surface area contributed by atoms with Crippen molar-refractivity contribution in [1.29, 1.82) is 0 Å². The highest BCUT2D eigenvalue weighted by Gasteiger charge is 2.40. The first-order valence-corrected chi connectivity index (χ1v) is 26.2. The Balaban J connectivity index is 0.872. The van der Waals surface area contributed by atoms with Crippen LogP contribution in [-0.2, 0) is 0 Å². The fraction of sp³-hybridized carbons (Fsp3) is 0.0625. The molecular formula is C64H49NSi. The molecule has 2 atom stereocenters. The third-order valence-corrected chi connectivity index (χ3v) is 17.8. The number of rotatable bonds is 8. The highest BCUT2D eigenvalue weighted by molar-refractivity contribution is 7.04. The van der Waals surface area contributed by atoms with Crippen LogP contribution in [0.2, 0.25) is 13.1 Å². The van der Waals surface area contributed by atoms with E-state index in [0.29, 0.717) is 0 Å². The lowest BCUT2D eigenvalue weighted by atomic mass is 9.83. The van der Waals surface area contributed by atoms with Gasteiger partial charge in [-0.2, -0.15) is 0 Å². The van der Waals surface area contributed by atoms with Crippen LogP contribution in [0.25, 0.3) is 77.9 Å². The van der Waals surface area contributed by atoms with E-state index < -0.39 is 8.07 Å². The van der Waals surface area contributed by atoms with Crippen LogP contribution in [0.15, 0.2) is 249 Å². The van der Waals surface area contributed by atoms with Crippen LogP contribution in [0.4, 0.5) is 5.69 Å². The van der Waals surface area contributed by atoms with E-state index in [1.165, 1.54) is 105 Å². The highest BCUT2D eigenvalue weighted by Crippen LogP contribution is 2.45. The number of hydrogen-bond donors (Lipinski definition) is 0. The van der Waals surface area contributed by atoms with Crippen molar-refractivity contribution in [3.05, 3.63) is 260 Å². The summed E-state index contributed by atoms with van der Waals surface area (Å²) in [5.74, 6) is 0.176. The van der Waals surface area contributed by atoms with Gasteiger partial charge in [0, 0.05) is 17.8 Å². The third kappa shape index (κ3) is 7.11. The van der Waals surface area contributed by atoms with Gasteiger partial charge in [-0.1, -0.05) is 244 Å². The Morgan fingerprint density at radius 1 is 0.364 bits per heavy atom. The molecule has 2 heterocycles. The van der Waals surface area contributed by atoms with Crippen molar-refractivity contribution in [2.75, 3.05) is 4.90 Å². The summed E-state index contributed by atoms with van der Waals surface area (Å²) in [6.45, 7) is 5.06. The fourth-order valence-electron chi connectivity index (χ4n) is 10.6. The van der Waals surface area contributed by atoms with E-state index in [-0.39, 0.29) is 12.0 Å². The summed E-state index contributed by atoms with van der Waals surface area (Å²) in [5.41, 5.74) is 21.6. The SMILES string of the molecule is C[Si]1(C)c2cc(-c3ccccc3)ccc2-c2ccc(N3C=C(c4ccc(-c5ccc(-c6ccccc6)cc5)cc4)C4C=C(c5ccc(-c6ccc(-c7ccccc7)cc6)cc5)C=CC43)cc21. The first-order chi connectivity index (χ1) is 32.4. The summed E-state index contributed by atoms with van der Waals surface area (Å²) in [5, 5.41) is 3.05. The van der Waals surface area contributed by atoms with Crippen LogP contribution < -0.4 is 15.3 Å². The zero-order chi connectivity index (χ0) is 44.2. The molecule has 1 aliphatic carbocycles. The molecule has 9 aromatic carbocycles. The largest absolute Gasteiger partial charge is 0.340 e. The maximum atomic E-state index is 2.55. The molecule has 0 saturated carbocycles. The van der Waals surface area contributed by atoms with Crippen molar-refractivity contribution >= 4 is 35.3 Å². The predicted molar refractivity (Wildman–Crippen MR) is 284 cm³/mol. The average molecular weight is 860 g/mol. The molecule has 0 aromatic heterocycles. The number of allylic oxidation sites excluding steroid dienone is 2. The minimum Gasteiger partial charge on any atom is -0.340 e. The van der Waals surface area contributed by atoms with E-state index in [1.54, 1.807) is 0 Å². The van der Waals surface area contributed by atoms with Gasteiger partial charge in [-0.3, -0.25) is 0 Å². The van der Waals surface area contributed by atoms with Crippen molar-refractivity contribution in [1.82, 2.24) is 0 Å². The molecule has 0 spiro atoms. The number of fused-ring (bicyclic) bond motifs is 4. The predicted octanol–water partition coefficient (Wildman–Crippen LogP) is 15.3.